The Kier molecular flexibility index (Phi) is 5.73. The first kappa shape index (κ1) is 17.9. The van der Waals surface area contributed by atoms with E-state index in [2.05, 4.69) is 29.2 Å². The summed E-state index contributed by atoms with van der Waals surface area (Å²) in [5, 5.41) is 7.83. The van der Waals surface area contributed by atoms with Crippen molar-refractivity contribution < 1.29 is 9.53 Å². The summed E-state index contributed by atoms with van der Waals surface area (Å²) in [5.41, 5.74) is 1.13. The van der Waals surface area contributed by atoms with Crippen molar-refractivity contribution in [3.05, 3.63) is 47.2 Å². The summed E-state index contributed by atoms with van der Waals surface area (Å²) >= 11 is 6.16. The van der Waals surface area contributed by atoms with Crippen molar-refractivity contribution in [1.29, 1.82) is 0 Å². The molecule has 1 aliphatic rings. The second-order valence-corrected chi connectivity index (χ2v) is 6.78. The van der Waals surface area contributed by atoms with Gasteiger partial charge in [-0.15, -0.1) is 0 Å². The molecule has 3 rings (SSSR count). The van der Waals surface area contributed by atoms with Crippen molar-refractivity contribution in [1.82, 2.24) is 20.0 Å². The highest BCUT2D eigenvalue weighted by Gasteiger charge is 2.21. The van der Waals surface area contributed by atoms with Gasteiger partial charge in [0, 0.05) is 32.4 Å². The summed E-state index contributed by atoms with van der Waals surface area (Å²) in [5.74, 6) is -0.180. The van der Waals surface area contributed by atoms with E-state index in [4.69, 9.17) is 16.3 Å². The number of ether oxygens (including phenoxy) is 1. The van der Waals surface area contributed by atoms with Crippen molar-refractivity contribution in [3.63, 3.8) is 0 Å². The summed E-state index contributed by atoms with van der Waals surface area (Å²) in [6, 6.07) is 9.08. The number of nitrogens with one attached hydrogen (secondary N) is 1. The SMILES string of the molecule is CC1CN(CCNC(=O)c2ccn(-c3ccccc3Cl)n2)CC(C)O1. The van der Waals surface area contributed by atoms with Crippen LogP contribution < -0.4 is 5.32 Å². The van der Waals surface area contributed by atoms with E-state index in [0.29, 0.717) is 17.3 Å². The summed E-state index contributed by atoms with van der Waals surface area (Å²) in [6.07, 6.45) is 2.19. The minimum absolute atomic E-state index is 0.180. The fourth-order valence-corrected chi connectivity index (χ4v) is 3.32. The van der Waals surface area contributed by atoms with Crippen LogP contribution in [0, 0.1) is 0 Å². The van der Waals surface area contributed by atoms with Crippen molar-refractivity contribution >= 4 is 17.5 Å². The predicted molar refractivity (Wildman–Crippen MR) is 97.4 cm³/mol. The number of rotatable bonds is 5. The van der Waals surface area contributed by atoms with Crippen molar-refractivity contribution in [2.45, 2.75) is 26.1 Å². The van der Waals surface area contributed by atoms with Crippen LogP contribution in [0.1, 0.15) is 24.3 Å². The Bertz CT molecular complexity index is 723. The van der Waals surface area contributed by atoms with Crippen LogP contribution in [-0.4, -0.2) is 59.0 Å². The molecular formula is C18H23ClN4O2. The first-order valence-electron chi connectivity index (χ1n) is 8.49. The van der Waals surface area contributed by atoms with E-state index in [-0.39, 0.29) is 18.1 Å². The monoisotopic (exact) mass is 362 g/mol. The lowest BCUT2D eigenvalue weighted by molar-refractivity contribution is -0.0672. The molecule has 134 valence electrons. The van der Waals surface area contributed by atoms with Gasteiger partial charge in [0.1, 0.15) is 0 Å². The molecule has 1 aromatic carbocycles. The number of morpholine rings is 1. The van der Waals surface area contributed by atoms with Crippen LogP contribution in [0.15, 0.2) is 36.5 Å². The Morgan fingerprint density at radius 2 is 2.00 bits per heavy atom. The molecule has 0 radical (unpaired) electrons. The third kappa shape index (κ3) is 4.60. The lowest BCUT2D eigenvalue weighted by Crippen LogP contribution is -2.47. The van der Waals surface area contributed by atoms with Gasteiger partial charge >= 0.3 is 0 Å². The van der Waals surface area contributed by atoms with Crippen LogP contribution in [0.25, 0.3) is 5.69 Å². The largest absolute Gasteiger partial charge is 0.373 e. The van der Waals surface area contributed by atoms with Crippen LogP contribution >= 0.6 is 11.6 Å². The summed E-state index contributed by atoms with van der Waals surface area (Å²) in [4.78, 5) is 14.6. The molecule has 25 heavy (non-hydrogen) atoms. The molecule has 1 aromatic heterocycles. The smallest absolute Gasteiger partial charge is 0.271 e. The second-order valence-electron chi connectivity index (χ2n) is 6.37. The molecular weight excluding hydrogens is 340 g/mol. The molecule has 7 heteroatoms. The quantitative estimate of drug-likeness (QED) is 0.887. The number of carbonyl (C=O) groups is 1. The van der Waals surface area contributed by atoms with Crippen LogP contribution in [0.2, 0.25) is 5.02 Å². The molecule has 1 aliphatic heterocycles. The molecule has 2 aromatic rings. The molecule has 1 fully saturated rings. The first-order valence-corrected chi connectivity index (χ1v) is 8.87. The molecule has 2 atom stereocenters. The van der Waals surface area contributed by atoms with E-state index >= 15 is 0 Å². The molecule has 6 nitrogen and oxygen atoms in total. The third-order valence-electron chi connectivity index (χ3n) is 4.13. The summed E-state index contributed by atoms with van der Waals surface area (Å²) in [6.45, 7) is 7.31. The number of aromatic nitrogens is 2. The maximum Gasteiger partial charge on any atom is 0.271 e. The minimum Gasteiger partial charge on any atom is -0.373 e. The van der Waals surface area contributed by atoms with E-state index in [0.717, 1.165) is 25.3 Å². The number of hydrogen-bond acceptors (Lipinski definition) is 4. The van der Waals surface area contributed by atoms with E-state index in [9.17, 15) is 4.79 Å². The molecule has 0 spiro atoms. The highest BCUT2D eigenvalue weighted by Crippen LogP contribution is 2.19. The van der Waals surface area contributed by atoms with E-state index < -0.39 is 0 Å². The minimum atomic E-state index is -0.180. The first-order chi connectivity index (χ1) is 12.0. The van der Waals surface area contributed by atoms with Crippen LogP contribution in [-0.2, 0) is 4.74 Å². The number of nitrogens with zero attached hydrogens (tertiary/aromatic N) is 3. The normalized spacial score (nSPS) is 21.2. The highest BCUT2D eigenvalue weighted by atomic mass is 35.5. The fraction of sp³-hybridized carbons (Fsp3) is 0.444. The van der Waals surface area contributed by atoms with Crippen molar-refractivity contribution in [2.75, 3.05) is 26.2 Å². The van der Waals surface area contributed by atoms with Gasteiger partial charge in [0.15, 0.2) is 5.69 Å². The van der Waals surface area contributed by atoms with Gasteiger partial charge in [0.05, 0.1) is 22.9 Å². The van der Waals surface area contributed by atoms with E-state index in [1.165, 1.54) is 0 Å². The average Bonchev–Trinajstić information content (AvgIpc) is 3.04. The Morgan fingerprint density at radius 3 is 2.72 bits per heavy atom. The van der Waals surface area contributed by atoms with Crippen molar-refractivity contribution in [2.24, 2.45) is 0 Å². The van der Waals surface area contributed by atoms with Crippen LogP contribution in [0.4, 0.5) is 0 Å². The Morgan fingerprint density at radius 1 is 1.28 bits per heavy atom. The number of halogens is 1. The topological polar surface area (TPSA) is 59.4 Å². The maximum atomic E-state index is 12.3. The van der Waals surface area contributed by atoms with Gasteiger partial charge < -0.3 is 10.1 Å². The molecule has 1 amide bonds. The number of benzene rings is 1. The lowest BCUT2D eigenvalue weighted by Gasteiger charge is -2.35. The zero-order chi connectivity index (χ0) is 17.8. The molecule has 2 unspecified atom stereocenters. The molecule has 0 bridgehead atoms. The highest BCUT2D eigenvalue weighted by molar-refractivity contribution is 6.32. The van der Waals surface area contributed by atoms with Gasteiger partial charge in [-0.1, -0.05) is 23.7 Å². The Labute approximate surface area is 152 Å². The zero-order valence-corrected chi connectivity index (χ0v) is 15.2. The predicted octanol–water partition coefficient (Wildman–Crippen LogP) is 2.36. The Hall–Kier alpha value is -1.89. The Balaban J connectivity index is 1.53. The number of carbonyl (C=O) groups excluding carboxylic acids is 1. The van der Waals surface area contributed by atoms with Gasteiger partial charge in [0.25, 0.3) is 5.91 Å². The fourth-order valence-electron chi connectivity index (χ4n) is 3.10. The standard InChI is InChI=1S/C18H23ClN4O2/c1-13-11-22(12-14(2)25-13)10-8-20-18(24)16-7-9-23(21-16)17-6-4-3-5-15(17)19/h3-7,9,13-14H,8,10-12H2,1-2H3,(H,20,24). The number of hydrogen-bond donors (Lipinski definition) is 1. The van der Waals surface area contributed by atoms with Crippen LogP contribution in [0.3, 0.4) is 0 Å². The lowest BCUT2D eigenvalue weighted by atomic mass is 10.2. The van der Waals surface area contributed by atoms with Crippen molar-refractivity contribution in [3.8, 4) is 5.69 Å². The van der Waals surface area contributed by atoms with E-state index in [1.54, 1.807) is 23.0 Å². The summed E-state index contributed by atoms with van der Waals surface area (Å²) < 4.78 is 7.33. The number of amides is 1. The molecule has 1 N–H and O–H groups in total. The van der Waals surface area contributed by atoms with Gasteiger partial charge in [-0.25, -0.2) is 4.68 Å². The third-order valence-corrected chi connectivity index (χ3v) is 4.45. The second kappa shape index (κ2) is 7.99. The summed E-state index contributed by atoms with van der Waals surface area (Å²) in [7, 11) is 0. The van der Waals surface area contributed by atoms with Gasteiger partial charge in [-0.3, -0.25) is 9.69 Å². The van der Waals surface area contributed by atoms with Gasteiger partial charge in [0.2, 0.25) is 0 Å². The van der Waals surface area contributed by atoms with E-state index in [1.807, 2.05) is 18.2 Å². The molecule has 1 saturated heterocycles. The van der Waals surface area contributed by atoms with Crippen LogP contribution in [0.5, 0.6) is 0 Å². The van der Waals surface area contributed by atoms with Gasteiger partial charge in [-0.2, -0.15) is 5.10 Å². The maximum absolute atomic E-state index is 12.3. The molecule has 2 heterocycles. The van der Waals surface area contributed by atoms with Gasteiger partial charge in [-0.05, 0) is 32.0 Å². The average molecular weight is 363 g/mol. The zero-order valence-electron chi connectivity index (χ0n) is 14.5. The molecule has 0 saturated carbocycles. The number of para-hydroxylation sites is 1. The molecule has 0 aliphatic carbocycles.